The van der Waals surface area contributed by atoms with Gasteiger partial charge < -0.3 is 9.84 Å². The summed E-state index contributed by atoms with van der Waals surface area (Å²) in [4.78, 5) is 21.3. The zero-order valence-corrected chi connectivity index (χ0v) is 17.6. The van der Waals surface area contributed by atoms with E-state index in [4.69, 9.17) is 26.2 Å². The molecule has 0 atom stereocenters. The highest BCUT2D eigenvalue weighted by Gasteiger charge is 2.19. The molecule has 150 valence electrons. The largest absolute Gasteiger partial charge is 0.497 e. The molecule has 5 nitrogen and oxygen atoms in total. The second kappa shape index (κ2) is 11.1. The fraction of sp³-hybridized carbons (Fsp3) is 0.273. The van der Waals surface area contributed by atoms with Crippen LogP contribution in [0.3, 0.4) is 0 Å². The summed E-state index contributed by atoms with van der Waals surface area (Å²) in [5, 5.41) is 8.57. The number of hydrogen-bond acceptors (Lipinski definition) is 3. The molecule has 0 radical (unpaired) electrons. The van der Waals surface area contributed by atoms with E-state index < -0.39 is 0 Å². The van der Waals surface area contributed by atoms with E-state index in [1.165, 1.54) is 5.56 Å². The predicted octanol–water partition coefficient (Wildman–Crippen LogP) is 5.59. The van der Waals surface area contributed by atoms with Gasteiger partial charge in [-0.05, 0) is 61.4 Å². The summed E-state index contributed by atoms with van der Waals surface area (Å²) in [5.74, 6) is 0.748. The lowest BCUT2D eigenvalue weighted by Crippen LogP contribution is -2.13. The van der Waals surface area contributed by atoms with Crippen LogP contribution in [0.4, 0.5) is 0 Å². The lowest BCUT2D eigenvalue weighted by molar-refractivity contribution is -0.122. The van der Waals surface area contributed by atoms with Crippen molar-refractivity contribution in [2.75, 3.05) is 7.11 Å². The first-order chi connectivity index (χ1) is 13.5. The number of benzene rings is 2. The summed E-state index contributed by atoms with van der Waals surface area (Å²) >= 11 is 5.92. The van der Waals surface area contributed by atoms with Gasteiger partial charge in [-0.2, -0.15) is 0 Å². The highest BCUT2D eigenvalue weighted by Crippen LogP contribution is 2.30. The molecule has 0 unspecified atom stereocenters. The molecule has 0 saturated carbocycles. The number of carbonyl (C=O) groups is 2. The van der Waals surface area contributed by atoms with Crippen LogP contribution in [0, 0.1) is 6.92 Å². The monoisotopic (exact) mass is 403 g/mol. The molecule has 3 aromatic rings. The van der Waals surface area contributed by atoms with Gasteiger partial charge >= 0.3 is 0 Å². The Morgan fingerprint density at radius 2 is 1.75 bits per heavy atom. The Morgan fingerprint density at radius 3 is 2.25 bits per heavy atom. The molecule has 0 fully saturated rings. The van der Waals surface area contributed by atoms with Crippen molar-refractivity contribution in [3.05, 3.63) is 64.3 Å². The van der Waals surface area contributed by atoms with E-state index in [9.17, 15) is 4.79 Å². The van der Waals surface area contributed by atoms with Gasteiger partial charge in [0.05, 0.1) is 12.6 Å². The Hall–Kier alpha value is -2.79. The number of aryl methyl sites for hydroxylation is 1. The minimum absolute atomic E-state index is 0.0472. The summed E-state index contributed by atoms with van der Waals surface area (Å²) < 4.78 is 7.10. The molecule has 1 N–H and O–H groups in total. The number of halogens is 1. The van der Waals surface area contributed by atoms with Crippen molar-refractivity contribution in [1.82, 2.24) is 4.57 Å². The first-order valence-corrected chi connectivity index (χ1v) is 9.42. The van der Waals surface area contributed by atoms with Crippen LogP contribution >= 0.6 is 11.6 Å². The first kappa shape index (κ1) is 23.2. The van der Waals surface area contributed by atoms with Crippen LogP contribution < -0.4 is 4.74 Å². The summed E-state index contributed by atoms with van der Waals surface area (Å²) in [5.41, 5.74) is 3.66. The smallest absolute Gasteiger partial charge is 0.290 e. The molecule has 3 rings (SSSR count). The summed E-state index contributed by atoms with van der Waals surface area (Å²) in [6, 6.07) is 12.8. The third-order valence-corrected chi connectivity index (χ3v) is 4.44. The number of fused-ring (bicyclic) bond motifs is 1. The van der Waals surface area contributed by atoms with Crippen LogP contribution in [0.15, 0.2) is 42.5 Å². The zero-order chi connectivity index (χ0) is 21.3. The molecule has 1 heterocycles. The maximum Gasteiger partial charge on any atom is 0.290 e. The standard InChI is InChI=1S/C19H18ClNO2.C2H6.CH2O2/c1-4-16-12(2)21(18-10-9-15(23-3)11-17(16)18)19(22)13-5-7-14(20)8-6-13;1-2;2-1-3/h5-11H,4H2,1-3H3;1-2H3;1H,(H,2,3). The van der Waals surface area contributed by atoms with Gasteiger partial charge in [-0.25, -0.2) is 0 Å². The van der Waals surface area contributed by atoms with Crippen LogP contribution in [0.1, 0.15) is 42.4 Å². The molecule has 0 saturated heterocycles. The fourth-order valence-corrected chi connectivity index (χ4v) is 3.14. The average Bonchev–Trinajstić information content (AvgIpc) is 3.00. The minimum atomic E-state index is -0.250. The van der Waals surface area contributed by atoms with Crippen LogP contribution in [-0.4, -0.2) is 29.2 Å². The Labute approximate surface area is 170 Å². The van der Waals surface area contributed by atoms with E-state index in [1.54, 1.807) is 35.9 Å². The van der Waals surface area contributed by atoms with Crippen molar-refractivity contribution in [1.29, 1.82) is 0 Å². The molecular weight excluding hydrogens is 378 g/mol. The maximum absolute atomic E-state index is 13.0. The quantitative estimate of drug-likeness (QED) is 0.579. The van der Waals surface area contributed by atoms with Gasteiger partial charge in [-0.1, -0.05) is 32.4 Å². The number of methoxy groups -OCH3 is 1. The maximum atomic E-state index is 13.0. The average molecular weight is 404 g/mol. The topological polar surface area (TPSA) is 68.5 Å². The lowest BCUT2D eigenvalue weighted by Gasteiger charge is -2.08. The zero-order valence-electron chi connectivity index (χ0n) is 16.8. The van der Waals surface area contributed by atoms with Crippen LogP contribution in [0.5, 0.6) is 5.75 Å². The van der Waals surface area contributed by atoms with E-state index in [2.05, 4.69) is 6.92 Å². The Kier molecular flexibility index (Phi) is 9.25. The summed E-state index contributed by atoms with van der Waals surface area (Å²) in [7, 11) is 1.65. The third-order valence-electron chi connectivity index (χ3n) is 4.19. The fourth-order valence-electron chi connectivity index (χ4n) is 3.02. The SMILES string of the molecule is CC.CCc1c(C)n(C(=O)c2ccc(Cl)cc2)c2ccc(OC)cc12.O=CO. The van der Waals surface area contributed by atoms with E-state index in [1.807, 2.05) is 39.0 Å². The van der Waals surface area contributed by atoms with Crippen LogP contribution in [0.2, 0.25) is 5.02 Å². The molecule has 0 aliphatic heterocycles. The van der Waals surface area contributed by atoms with Gasteiger partial charge in [0.15, 0.2) is 0 Å². The van der Waals surface area contributed by atoms with Crippen LogP contribution in [0.25, 0.3) is 10.9 Å². The molecule has 0 bridgehead atoms. The third kappa shape index (κ3) is 4.93. The van der Waals surface area contributed by atoms with E-state index >= 15 is 0 Å². The number of ether oxygens (including phenoxy) is 1. The molecule has 28 heavy (non-hydrogen) atoms. The van der Waals surface area contributed by atoms with Crippen LogP contribution in [-0.2, 0) is 11.2 Å². The van der Waals surface area contributed by atoms with Crippen molar-refractivity contribution < 1.29 is 19.4 Å². The van der Waals surface area contributed by atoms with Crippen molar-refractivity contribution in [3.8, 4) is 5.75 Å². The molecule has 1 aromatic heterocycles. The Balaban J connectivity index is 0.000000717. The van der Waals surface area contributed by atoms with Crippen molar-refractivity contribution >= 4 is 34.9 Å². The number of carbonyl (C=O) groups excluding carboxylic acids is 1. The van der Waals surface area contributed by atoms with E-state index in [0.29, 0.717) is 10.6 Å². The number of aromatic nitrogens is 1. The van der Waals surface area contributed by atoms with Gasteiger partial charge in [-0.3, -0.25) is 14.2 Å². The molecule has 0 spiro atoms. The van der Waals surface area contributed by atoms with Gasteiger partial charge in [0.2, 0.25) is 0 Å². The number of nitrogens with zero attached hydrogens (tertiary/aromatic N) is 1. The van der Waals surface area contributed by atoms with E-state index in [0.717, 1.165) is 28.8 Å². The molecule has 2 aromatic carbocycles. The van der Waals surface area contributed by atoms with Gasteiger partial charge in [-0.15, -0.1) is 0 Å². The van der Waals surface area contributed by atoms with Crippen molar-refractivity contribution in [2.24, 2.45) is 0 Å². The second-order valence-corrected chi connectivity index (χ2v) is 5.99. The molecule has 6 heteroatoms. The first-order valence-electron chi connectivity index (χ1n) is 9.04. The lowest BCUT2D eigenvalue weighted by atomic mass is 10.1. The minimum Gasteiger partial charge on any atom is -0.497 e. The summed E-state index contributed by atoms with van der Waals surface area (Å²) in [6.45, 7) is 7.83. The van der Waals surface area contributed by atoms with Crippen molar-refractivity contribution in [2.45, 2.75) is 34.1 Å². The van der Waals surface area contributed by atoms with Gasteiger partial charge in [0.1, 0.15) is 5.75 Å². The number of hydrogen-bond donors (Lipinski definition) is 1. The Bertz CT molecular complexity index is 930. The second-order valence-electron chi connectivity index (χ2n) is 5.55. The van der Waals surface area contributed by atoms with E-state index in [-0.39, 0.29) is 12.4 Å². The highest BCUT2D eigenvalue weighted by molar-refractivity contribution is 6.30. The van der Waals surface area contributed by atoms with Crippen molar-refractivity contribution in [3.63, 3.8) is 0 Å². The molecule has 0 aliphatic rings. The predicted molar refractivity (Wildman–Crippen MR) is 114 cm³/mol. The molecule has 0 amide bonds. The normalized spacial score (nSPS) is 9.64. The molecular formula is C22H26ClNO4. The number of carboxylic acid groups (broad SMARTS) is 1. The summed E-state index contributed by atoms with van der Waals surface area (Å²) in [6.07, 6.45) is 0.858. The van der Waals surface area contributed by atoms with Gasteiger partial charge in [0, 0.05) is 21.7 Å². The van der Waals surface area contributed by atoms with Gasteiger partial charge in [0.25, 0.3) is 12.4 Å². The highest BCUT2D eigenvalue weighted by atomic mass is 35.5. The Morgan fingerprint density at radius 1 is 1.18 bits per heavy atom. The number of rotatable bonds is 3. The molecule has 0 aliphatic carbocycles.